The number of rotatable bonds is 7. The van der Waals surface area contributed by atoms with Gasteiger partial charge in [0.25, 0.3) is 0 Å². The molecule has 0 unspecified atom stereocenters. The molecule has 4 aromatic rings. The van der Waals surface area contributed by atoms with Crippen molar-refractivity contribution in [3.05, 3.63) is 66.1 Å². The molecule has 0 aliphatic rings. The zero-order valence-corrected chi connectivity index (χ0v) is 16.2. The highest BCUT2D eigenvalue weighted by Gasteiger charge is 2.13. The third kappa shape index (κ3) is 3.91. The molecular weight excluding hydrogens is 358 g/mol. The molecule has 0 aliphatic carbocycles. The van der Waals surface area contributed by atoms with E-state index in [1.165, 1.54) is 5.56 Å². The summed E-state index contributed by atoms with van der Waals surface area (Å²) >= 11 is 1.66. The molecule has 6 heteroatoms. The van der Waals surface area contributed by atoms with Gasteiger partial charge in [-0.15, -0.1) is 0 Å². The molecule has 27 heavy (non-hydrogen) atoms. The van der Waals surface area contributed by atoms with E-state index < -0.39 is 0 Å². The molecule has 0 radical (unpaired) electrons. The third-order valence-corrected chi connectivity index (χ3v) is 5.35. The topological polar surface area (TPSA) is 53.1 Å². The molecule has 5 nitrogen and oxygen atoms in total. The Morgan fingerprint density at radius 3 is 2.70 bits per heavy atom. The number of fused-ring (bicyclic) bond motifs is 1. The predicted molar refractivity (Wildman–Crippen MR) is 108 cm³/mol. The number of hydrogen-bond acceptors (Lipinski definition) is 5. The highest BCUT2D eigenvalue weighted by Crippen LogP contribution is 2.28. The fourth-order valence-electron chi connectivity index (χ4n) is 2.90. The Balaban J connectivity index is 1.52. The van der Waals surface area contributed by atoms with Crippen LogP contribution in [-0.4, -0.2) is 28.3 Å². The van der Waals surface area contributed by atoms with Gasteiger partial charge in [-0.1, -0.05) is 41.6 Å². The maximum absolute atomic E-state index is 5.66. The average molecular weight is 379 g/mol. The summed E-state index contributed by atoms with van der Waals surface area (Å²) in [5.74, 6) is 1.35. The van der Waals surface area contributed by atoms with Crippen molar-refractivity contribution in [1.82, 2.24) is 14.5 Å². The van der Waals surface area contributed by atoms with Crippen molar-refractivity contribution in [2.24, 2.45) is 0 Å². The van der Waals surface area contributed by atoms with Gasteiger partial charge in [0, 0.05) is 25.0 Å². The smallest absolute Gasteiger partial charge is 0.226 e. The standard InChI is InChI=1S/C21H21N3O2S/c1-15-7-9-16(10-8-15)20-22-17(13-26-20)14-27-21-23-18-5-3-4-6-19(18)24(21)11-12-25-2/h3-10,13H,11-12,14H2,1-2H3. The van der Waals surface area contributed by atoms with E-state index in [2.05, 4.69) is 34.7 Å². The van der Waals surface area contributed by atoms with Crippen molar-refractivity contribution in [2.45, 2.75) is 24.4 Å². The molecule has 0 amide bonds. The quantitative estimate of drug-likeness (QED) is 0.426. The van der Waals surface area contributed by atoms with E-state index in [4.69, 9.17) is 14.1 Å². The zero-order valence-electron chi connectivity index (χ0n) is 15.4. The largest absolute Gasteiger partial charge is 0.444 e. The van der Waals surface area contributed by atoms with Crippen LogP contribution in [0, 0.1) is 6.92 Å². The number of thioether (sulfide) groups is 1. The summed E-state index contributed by atoms with van der Waals surface area (Å²) in [4.78, 5) is 9.39. The first-order valence-corrected chi connectivity index (χ1v) is 9.81. The molecule has 0 aliphatic heterocycles. The Hall–Kier alpha value is -2.57. The summed E-state index contributed by atoms with van der Waals surface area (Å²) in [5.41, 5.74) is 5.23. The molecule has 0 spiro atoms. The van der Waals surface area contributed by atoms with E-state index in [1.807, 2.05) is 30.3 Å². The lowest BCUT2D eigenvalue weighted by Crippen LogP contribution is -2.05. The number of nitrogens with zero attached hydrogens (tertiary/aromatic N) is 3. The fraction of sp³-hybridized carbons (Fsp3) is 0.238. The van der Waals surface area contributed by atoms with Crippen LogP contribution in [0.2, 0.25) is 0 Å². The van der Waals surface area contributed by atoms with Crippen LogP contribution in [0.25, 0.3) is 22.5 Å². The fourth-order valence-corrected chi connectivity index (χ4v) is 3.82. The summed E-state index contributed by atoms with van der Waals surface area (Å²) in [6.07, 6.45) is 1.73. The predicted octanol–water partition coefficient (Wildman–Crippen LogP) is 4.94. The van der Waals surface area contributed by atoms with Gasteiger partial charge in [-0.25, -0.2) is 9.97 Å². The molecule has 138 valence electrons. The number of aromatic nitrogens is 3. The van der Waals surface area contributed by atoms with Gasteiger partial charge in [0.2, 0.25) is 5.89 Å². The van der Waals surface area contributed by atoms with Crippen LogP contribution in [0.1, 0.15) is 11.3 Å². The number of para-hydroxylation sites is 2. The van der Waals surface area contributed by atoms with E-state index in [0.29, 0.717) is 18.3 Å². The SMILES string of the molecule is COCCn1c(SCc2coc(-c3ccc(C)cc3)n2)nc2ccccc21. The molecule has 0 bridgehead atoms. The normalized spacial score (nSPS) is 11.3. The lowest BCUT2D eigenvalue weighted by atomic mass is 10.1. The number of aryl methyl sites for hydroxylation is 1. The van der Waals surface area contributed by atoms with Gasteiger partial charge in [0.05, 0.1) is 23.3 Å². The third-order valence-electron chi connectivity index (χ3n) is 4.34. The molecular formula is C21H21N3O2S. The van der Waals surface area contributed by atoms with Crippen molar-refractivity contribution in [2.75, 3.05) is 13.7 Å². The first-order valence-electron chi connectivity index (χ1n) is 8.83. The molecule has 4 rings (SSSR count). The summed E-state index contributed by atoms with van der Waals surface area (Å²) in [6, 6.07) is 16.4. The van der Waals surface area contributed by atoms with Crippen LogP contribution >= 0.6 is 11.8 Å². The number of hydrogen-bond donors (Lipinski definition) is 0. The second kappa shape index (κ2) is 7.98. The number of methoxy groups -OCH3 is 1. The van der Waals surface area contributed by atoms with Crippen LogP contribution in [0.15, 0.2) is 64.4 Å². The van der Waals surface area contributed by atoms with Gasteiger partial charge in [0.15, 0.2) is 5.16 Å². The number of oxazole rings is 1. The first-order chi connectivity index (χ1) is 13.2. The highest BCUT2D eigenvalue weighted by molar-refractivity contribution is 7.98. The van der Waals surface area contributed by atoms with Gasteiger partial charge in [-0.05, 0) is 31.2 Å². The maximum atomic E-state index is 5.66. The van der Waals surface area contributed by atoms with Crippen molar-refractivity contribution in [3.63, 3.8) is 0 Å². The summed E-state index contributed by atoms with van der Waals surface area (Å²) in [6.45, 7) is 3.49. The highest BCUT2D eigenvalue weighted by atomic mass is 32.2. The minimum absolute atomic E-state index is 0.648. The summed E-state index contributed by atoms with van der Waals surface area (Å²) < 4.78 is 13.1. The number of imidazole rings is 1. The zero-order chi connectivity index (χ0) is 18.6. The van der Waals surface area contributed by atoms with Crippen LogP contribution in [0.5, 0.6) is 0 Å². The molecule has 2 heterocycles. The van der Waals surface area contributed by atoms with Gasteiger partial charge < -0.3 is 13.7 Å². The Bertz CT molecular complexity index is 1040. The van der Waals surface area contributed by atoms with Crippen molar-refractivity contribution < 1.29 is 9.15 Å². The van der Waals surface area contributed by atoms with Gasteiger partial charge in [-0.3, -0.25) is 0 Å². The first kappa shape index (κ1) is 17.8. The molecule has 0 saturated carbocycles. The maximum Gasteiger partial charge on any atom is 0.226 e. The van der Waals surface area contributed by atoms with E-state index >= 15 is 0 Å². The molecule has 0 atom stereocenters. The Labute approximate surface area is 162 Å². The van der Waals surface area contributed by atoms with Gasteiger partial charge in [-0.2, -0.15) is 0 Å². The molecule has 0 N–H and O–H groups in total. The van der Waals surface area contributed by atoms with E-state index in [9.17, 15) is 0 Å². The van der Waals surface area contributed by atoms with Crippen LogP contribution in [0.4, 0.5) is 0 Å². The molecule has 0 saturated heterocycles. The number of benzene rings is 2. The van der Waals surface area contributed by atoms with Crippen molar-refractivity contribution in [1.29, 1.82) is 0 Å². The lowest BCUT2D eigenvalue weighted by Gasteiger charge is -2.07. The monoisotopic (exact) mass is 379 g/mol. The second-order valence-electron chi connectivity index (χ2n) is 6.33. The van der Waals surface area contributed by atoms with E-state index in [-0.39, 0.29) is 0 Å². The van der Waals surface area contributed by atoms with Gasteiger partial charge >= 0.3 is 0 Å². The minimum Gasteiger partial charge on any atom is -0.444 e. The Morgan fingerprint density at radius 2 is 1.89 bits per heavy atom. The molecule has 2 aromatic heterocycles. The van der Waals surface area contributed by atoms with Crippen LogP contribution < -0.4 is 0 Å². The average Bonchev–Trinajstić information content (AvgIpc) is 3.30. The Morgan fingerprint density at radius 1 is 1.07 bits per heavy atom. The summed E-state index contributed by atoms with van der Waals surface area (Å²) in [7, 11) is 1.72. The van der Waals surface area contributed by atoms with Gasteiger partial charge in [0.1, 0.15) is 6.26 Å². The summed E-state index contributed by atoms with van der Waals surface area (Å²) in [5, 5.41) is 0.966. The number of ether oxygens (including phenoxy) is 1. The molecule has 0 fully saturated rings. The minimum atomic E-state index is 0.648. The lowest BCUT2D eigenvalue weighted by molar-refractivity contribution is 0.186. The van der Waals surface area contributed by atoms with Crippen LogP contribution in [-0.2, 0) is 17.0 Å². The molecule has 2 aromatic carbocycles. The van der Waals surface area contributed by atoms with E-state index in [0.717, 1.165) is 34.0 Å². The van der Waals surface area contributed by atoms with E-state index in [1.54, 1.807) is 25.1 Å². The van der Waals surface area contributed by atoms with Crippen molar-refractivity contribution in [3.8, 4) is 11.5 Å². The Kier molecular flexibility index (Phi) is 5.27. The van der Waals surface area contributed by atoms with Crippen LogP contribution in [0.3, 0.4) is 0 Å². The second-order valence-corrected chi connectivity index (χ2v) is 7.27. The van der Waals surface area contributed by atoms with Crippen molar-refractivity contribution >= 4 is 22.8 Å².